The number of rotatable bonds is 8. The van der Waals surface area contributed by atoms with Gasteiger partial charge in [0, 0.05) is 0 Å². The Bertz CT molecular complexity index is 690. The smallest absolute Gasteiger partial charge is 0.261 e. The van der Waals surface area contributed by atoms with Crippen LogP contribution in [0.15, 0.2) is 48.5 Å². The molecule has 0 bridgehead atoms. The Morgan fingerprint density at radius 3 is 2.36 bits per heavy atom. The number of hydrogen-bond acceptors (Lipinski definition) is 4. The lowest BCUT2D eigenvalue weighted by molar-refractivity contribution is -0.128. The van der Waals surface area contributed by atoms with Crippen LogP contribution in [0.25, 0.3) is 0 Å². The SMILES string of the molecule is COc1ccc(OC[C@@H](C)NC(=O)[C@@H](C)Oc2ccccc2Cl)cc1. The zero-order valence-corrected chi connectivity index (χ0v) is 15.2. The average Bonchev–Trinajstić information content (AvgIpc) is 2.62. The molecule has 2 atom stereocenters. The van der Waals surface area contributed by atoms with Gasteiger partial charge < -0.3 is 19.5 Å². The molecule has 0 aromatic heterocycles. The highest BCUT2D eigenvalue weighted by atomic mass is 35.5. The first-order chi connectivity index (χ1) is 12.0. The van der Waals surface area contributed by atoms with E-state index in [-0.39, 0.29) is 11.9 Å². The monoisotopic (exact) mass is 363 g/mol. The second-order valence-electron chi connectivity index (χ2n) is 5.59. The van der Waals surface area contributed by atoms with Crippen molar-refractivity contribution < 1.29 is 19.0 Å². The lowest BCUT2D eigenvalue weighted by atomic mass is 10.3. The van der Waals surface area contributed by atoms with Crippen LogP contribution in [0.2, 0.25) is 5.02 Å². The Hall–Kier alpha value is -2.40. The summed E-state index contributed by atoms with van der Waals surface area (Å²) < 4.78 is 16.3. The number of benzene rings is 2. The number of carbonyl (C=O) groups is 1. The lowest BCUT2D eigenvalue weighted by Gasteiger charge is -2.19. The third-order valence-corrected chi connectivity index (χ3v) is 3.77. The predicted octanol–water partition coefficient (Wildman–Crippen LogP) is 3.70. The number of hydrogen-bond donors (Lipinski definition) is 1. The van der Waals surface area contributed by atoms with Gasteiger partial charge in [-0.05, 0) is 50.2 Å². The third kappa shape index (κ3) is 5.87. The zero-order chi connectivity index (χ0) is 18.2. The Labute approximate surface area is 152 Å². The van der Waals surface area contributed by atoms with E-state index in [1.54, 1.807) is 38.3 Å². The zero-order valence-electron chi connectivity index (χ0n) is 14.5. The number of para-hydroxylation sites is 1. The molecule has 2 aromatic rings. The van der Waals surface area contributed by atoms with E-state index in [4.69, 9.17) is 25.8 Å². The number of methoxy groups -OCH3 is 1. The van der Waals surface area contributed by atoms with Gasteiger partial charge in [-0.3, -0.25) is 4.79 Å². The molecule has 0 unspecified atom stereocenters. The Kier molecular flexibility index (Phi) is 6.95. The van der Waals surface area contributed by atoms with Gasteiger partial charge in [0.25, 0.3) is 5.91 Å². The minimum absolute atomic E-state index is 0.174. The summed E-state index contributed by atoms with van der Waals surface area (Å²) in [6.07, 6.45) is -0.664. The molecule has 0 radical (unpaired) electrons. The molecule has 0 saturated carbocycles. The van der Waals surface area contributed by atoms with E-state index < -0.39 is 6.10 Å². The molecule has 0 aliphatic carbocycles. The second kappa shape index (κ2) is 9.18. The molecule has 2 rings (SSSR count). The van der Waals surface area contributed by atoms with Gasteiger partial charge in [0.2, 0.25) is 0 Å². The number of halogens is 1. The molecule has 6 heteroatoms. The maximum absolute atomic E-state index is 12.2. The molecule has 0 heterocycles. The van der Waals surface area contributed by atoms with Crippen molar-refractivity contribution in [1.29, 1.82) is 0 Å². The fourth-order valence-electron chi connectivity index (χ4n) is 2.08. The molecule has 0 fully saturated rings. The Morgan fingerprint density at radius 2 is 1.72 bits per heavy atom. The van der Waals surface area contributed by atoms with Gasteiger partial charge in [0.05, 0.1) is 18.2 Å². The van der Waals surface area contributed by atoms with Crippen molar-refractivity contribution in [3.05, 3.63) is 53.6 Å². The van der Waals surface area contributed by atoms with E-state index in [1.807, 2.05) is 31.2 Å². The van der Waals surface area contributed by atoms with Crippen molar-refractivity contribution in [2.24, 2.45) is 0 Å². The molecular weight excluding hydrogens is 342 g/mol. The second-order valence-corrected chi connectivity index (χ2v) is 5.99. The van der Waals surface area contributed by atoms with Gasteiger partial charge in [0.1, 0.15) is 23.9 Å². The third-order valence-electron chi connectivity index (χ3n) is 3.46. The van der Waals surface area contributed by atoms with Crippen molar-refractivity contribution in [3.63, 3.8) is 0 Å². The summed E-state index contributed by atoms with van der Waals surface area (Å²) in [4.78, 5) is 12.2. The predicted molar refractivity (Wildman–Crippen MR) is 97.6 cm³/mol. The molecule has 5 nitrogen and oxygen atoms in total. The summed E-state index contributed by atoms with van der Waals surface area (Å²) in [7, 11) is 1.61. The topological polar surface area (TPSA) is 56.8 Å². The number of carbonyl (C=O) groups excluding carboxylic acids is 1. The molecule has 0 aliphatic rings. The standard InChI is InChI=1S/C19H22ClNO4/c1-13(12-24-16-10-8-15(23-3)9-11-16)21-19(22)14(2)25-18-7-5-4-6-17(18)20/h4-11,13-14H,12H2,1-3H3,(H,21,22)/t13-,14-/m1/s1. The molecular formula is C19H22ClNO4. The maximum atomic E-state index is 12.2. The van der Waals surface area contributed by atoms with Gasteiger partial charge in [-0.15, -0.1) is 0 Å². The van der Waals surface area contributed by atoms with Gasteiger partial charge in [-0.1, -0.05) is 23.7 Å². The molecule has 0 aliphatic heterocycles. The van der Waals surface area contributed by atoms with Gasteiger partial charge in [-0.2, -0.15) is 0 Å². The highest BCUT2D eigenvalue weighted by Crippen LogP contribution is 2.24. The summed E-state index contributed by atoms with van der Waals surface area (Å²) in [6.45, 7) is 3.89. The Morgan fingerprint density at radius 1 is 1.08 bits per heavy atom. The first-order valence-electron chi connectivity index (χ1n) is 7.98. The Balaban J connectivity index is 1.79. The van der Waals surface area contributed by atoms with Gasteiger partial charge >= 0.3 is 0 Å². The first kappa shape index (κ1) is 18.9. The molecule has 1 N–H and O–H groups in total. The minimum atomic E-state index is -0.664. The van der Waals surface area contributed by atoms with Crippen LogP contribution in [-0.2, 0) is 4.79 Å². The molecule has 1 amide bonds. The molecule has 0 spiro atoms. The average molecular weight is 364 g/mol. The van der Waals surface area contributed by atoms with Crippen molar-refractivity contribution >= 4 is 17.5 Å². The van der Waals surface area contributed by atoms with E-state index >= 15 is 0 Å². The van der Waals surface area contributed by atoms with Crippen LogP contribution < -0.4 is 19.5 Å². The van der Waals surface area contributed by atoms with Crippen LogP contribution >= 0.6 is 11.6 Å². The van der Waals surface area contributed by atoms with Crippen molar-refractivity contribution in [2.75, 3.05) is 13.7 Å². The van der Waals surface area contributed by atoms with E-state index in [1.165, 1.54) is 0 Å². The van der Waals surface area contributed by atoms with E-state index in [2.05, 4.69) is 5.32 Å². The number of amides is 1. The largest absolute Gasteiger partial charge is 0.497 e. The first-order valence-corrected chi connectivity index (χ1v) is 8.36. The van der Waals surface area contributed by atoms with E-state index in [0.717, 1.165) is 5.75 Å². The normalized spacial score (nSPS) is 12.8. The summed E-state index contributed by atoms with van der Waals surface area (Å²) in [6, 6.07) is 14.1. The van der Waals surface area contributed by atoms with E-state index in [0.29, 0.717) is 23.1 Å². The van der Waals surface area contributed by atoms with E-state index in [9.17, 15) is 4.79 Å². The fourth-order valence-corrected chi connectivity index (χ4v) is 2.26. The summed E-state index contributed by atoms with van der Waals surface area (Å²) in [5, 5.41) is 3.33. The van der Waals surface area contributed by atoms with Crippen LogP contribution in [0.4, 0.5) is 0 Å². The molecule has 0 saturated heterocycles. The van der Waals surface area contributed by atoms with Crippen LogP contribution in [-0.4, -0.2) is 31.8 Å². The minimum Gasteiger partial charge on any atom is -0.497 e. The van der Waals surface area contributed by atoms with Crippen molar-refractivity contribution in [3.8, 4) is 17.2 Å². The van der Waals surface area contributed by atoms with Gasteiger partial charge in [-0.25, -0.2) is 0 Å². The summed E-state index contributed by atoms with van der Waals surface area (Å²) >= 11 is 6.03. The lowest BCUT2D eigenvalue weighted by Crippen LogP contribution is -2.43. The van der Waals surface area contributed by atoms with Crippen molar-refractivity contribution in [1.82, 2.24) is 5.32 Å². The van der Waals surface area contributed by atoms with Crippen LogP contribution in [0.3, 0.4) is 0 Å². The fraction of sp³-hybridized carbons (Fsp3) is 0.316. The quantitative estimate of drug-likeness (QED) is 0.777. The highest BCUT2D eigenvalue weighted by Gasteiger charge is 2.18. The molecule has 134 valence electrons. The number of nitrogens with one attached hydrogen (secondary N) is 1. The van der Waals surface area contributed by atoms with Crippen LogP contribution in [0.5, 0.6) is 17.2 Å². The molecule has 25 heavy (non-hydrogen) atoms. The molecule has 2 aromatic carbocycles. The maximum Gasteiger partial charge on any atom is 0.261 e. The summed E-state index contributed by atoms with van der Waals surface area (Å²) in [5.74, 6) is 1.72. The van der Waals surface area contributed by atoms with Gasteiger partial charge in [0.15, 0.2) is 6.10 Å². The highest BCUT2D eigenvalue weighted by molar-refractivity contribution is 6.32. The van der Waals surface area contributed by atoms with Crippen molar-refractivity contribution in [2.45, 2.75) is 26.0 Å². The summed E-state index contributed by atoms with van der Waals surface area (Å²) in [5.41, 5.74) is 0. The van der Waals surface area contributed by atoms with Crippen LogP contribution in [0.1, 0.15) is 13.8 Å². The van der Waals surface area contributed by atoms with Crippen LogP contribution in [0, 0.1) is 0 Å². The number of ether oxygens (including phenoxy) is 3.